The summed E-state index contributed by atoms with van der Waals surface area (Å²) in [6.45, 7) is 6.63. The number of hydrogen-bond donors (Lipinski definition) is 0. The largest absolute Gasteiger partial charge is 0.497 e. The quantitative estimate of drug-likeness (QED) is 0.214. The number of amides is 2. The second kappa shape index (κ2) is 13.5. The van der Waals surface area contributed by atoms with Gasteiger partial charge in [0.15, 0.2) is 5.16 Å². The number of halogens is 1. The molecule has 2 aromatic carbocycles. The summed E-state index contributed by atoms with van der Waals surface area (Å²) in [6.07, 6.45) is 0. The van der Waals surface area contributed by atoms with E-state index in [9.17, 15) is 9.59 Å². The Labute approximate surface area is 255 Å². The van der Waals surface area contributed by atoms with Gasteiger partial charge in [-0.25, -0.2) is 9.97 Å². The van der Waals surface area contributed by atoms with Crippen molar-refractivity contribution in [3.8, 4) is 11.5 Å². The zero-order valence-corrected chi connectivity index (χ0v) is 25.6. The molecule has 1 unspecified atom stereocenters. The van der Waals surface area contributed by atoms with Crippen LogP contribution >= 0.6 is 23.4 Å². The third-order valence-electron chi connectivity index (χ3n) is 7.58. The predicted molar refractivity (Wildman–Crippen MR) is 165 cm³/mol. The van der Waals surface area contributed by atoms with Crippen LogP contribution in [0.25, 0.3) is 0 Å². The lowest BCUT2D eigenvalue weighted by Gasteiger charge is -2.40. The highest BCUT2D eigenvalue weighted by atomic mass is 35.5. The first-order valence-corrected chi connectivity index (χ1v) is 15.2. The molecule has 0 spiro atoms. The summed E-state index contributed by atoms with van der Waals surface area (Å²) in [6, 6.07) is 16.9. The van der Waals surface area contributed by atoms with Gasteiger partial charge in [-0.05, 0) is 49.4 Å². The van der Waals surface area contributed by atoms with Crippen molar-refractivity contribution in [2.45, 2.75) is 18.1 Å². The minimum absolute atomic E-state index is 0.0265. The molecule has 0 N–H and O–H groups in total. The molecule has 0 saturated carbocycles. The smallest absolute Gasteiger partial charge is 0.254 e. The van der Waals surface area contributed by atoms with Crippen LogP contribution in [-0.4, -0.2) is 103 Å². The first-order chi connectivity index (χ1) is 20.3. The number of anilines is 2. The predicted octanol–water partition coefficient (Wildman–Crippen LogP) is 3.94. The van der Waals surface area contributed by atoms with E-state index in [4.69, 9.17) is 26.1 Å². The summed E-state index contributed by atoms with van der Waals surface area (Å²) in [7, 11) is 3.24. The molecule has 42 heavy (non-hydrogen) atoms. The SMILES string of the molecule is COc1ccc(N2CCN(C(=O)CSc3nc(Cl)cc(N4CCN(C(=O)c5cccc(OC)c5)C(C)C4)n3)CC2)cc1. The van der Waals surface area contributed by atoms with Gasteiger partial charge in [-0.2, -0.15) is 0 Å². The Morgan fingerprint density at radius 3 is 2.31 bits per heavy atom. The van der Waals surface area contributed by atoms with E-state index in [2.05, 4.69) is 14.8 Å². The number of piperazine rings is 2. The van der Waals surface area contributed by atoms with Crippen LogP contribution in [-0.2, 0) is 4.79 Å². The van der Waals surface area contributed by atoms with E-state index < -0.39 is 0 Å². The number of hydrogen-bond acceptors (Lipinski definition) is 9. The maximum Gasteiger partial charge on any atom is 0.254 e. The average Bonchev–Trinajstić information content (AvgIpc) is 3.03. The van der Waals surface area contributed by atoms with Crippen LogP contribution in [0.3, 0.4) is 0 Å². The van der Waals surface area contributed by atoms with Crippen molar-refractivity contribution in [2.24, 2.45) is 0 Å². The third-order valence-corrected chi connectivity index (χ3v) is 8.61. The summed E-state index contributed by atoms with van der Waals surface area (Å²) in [5, 5.41) is 0.788. The van der Waals surface area contributed by atoms with Crippen LogP contribution in [0.15, 0.2) is 59.8 Å². The first-order valence-electron chi connectivity index (χ1n) is 13.9. The lowest BCUT2D eigenvalue weighted by molar-refractivity contribution is -0.128. The lowest BCUT2D eigenvalue weighted by Crippen LogP contribution is -2.54. The van der Waals surface area contributed by atoms with E-state index in [1.54, 1.807) is 32.4 Å². The molecule has 12 heteroatoms. The Bertz CT molecular complexity index is 1400. The average molecular weight is 611 g/mol. The van der Waals surface area contributed by atoms with Crippen LogP contribution in [0, 0.1) is 0 Å². The van der Waals surface area contributed by atoms with Crippen molar-refractivity contribution >= 4 is 46.7 Å². The van der Waals surface area contributed by atoms with Crippen molar-refractivity contribution in [3.05, 3.63) is 65.3 Å². The van der Waals surface area contributed by atoms with Crippen LogP contribution in [0.1, 0.15) is 17.3 Å². The van der Waals surface area contributed by atoms with Crippen LogP contribution in [0.4, 0.5) is 11.5 Å². The fourth-order valence-electron chi connectivity index (χ4n) is 5.23. The number of ether oxygens (including phenoxy) is 2. The molecule has 222 valence electrons. The Morgan fingerprint density at radius 2 is 1.62 bits per heavy atom. The maximum atomic E-state index is 13.2. The maximum absolute atomic E-state index is 13.2. The van der Waals surface area contributed by atoms with Crippen molar-refractivity contribution in [1.82, 2.24) is 19.8 Å². The van der Waals surface area contributed by atoms with E-state index in [1.165, 1.54) is 11.8 Å². The zero-order valence-electron chi connectivity index (χ0n) is 24.0. The molecule has 2 aliphatic rings. The molecule has 1 atom stereocenters. The Kier molecular flexibility index (Phi) is 9.58. The normalized spacial score (nSPS) is 17.3. The number of benzene rings is 2. The van der Waals surface area contributed by atoms with E-state index >= 15 is 0 Å². The molecule has 5 rings (SSSR count). The number of carbonyl (C=O) groups is 2. The highest BCUT2D eigenvalue weighted by Gasteiger charge is 2.29. The van der Waals surface area contributed by atoms with Crippen LogP contribution in [0.5, 0.6) is 11.5 Å². The Hall–Kier alpha value is -3.70. The molecular weight excluding hydrogens is 576 g/mol. The van der Waals surface area contributed by atoms with Gasteiger partial charge in [0.05, 0.1) is 20.0 Å². The number of rotatable bonds is 8. The Balaban J connectivity index is 1.14. The number of carbonyl (C=O) groups excluding carboxylic acids is 2. The number of aromatic nitrogens is 2. The van der Waals surface area contributed by atoms with Gasteiger partial charge in [0.25, 0.3) is 5.91 Å². The van der Waals surface area contributed by atoms with Gasteiger partial charge in [0, 0.05) is 69.2 Å². The van der Waals surface area contributed by atoms with Gasteiger partial charge in [0.2, 0.25) is 5.91 Å². The molecule has 10 nitrogen and oxygen atoms in total. The Morgan fingerprint density at radius 1 is 0.905 bits per heavy atom. The molecule has 0 aliphatic carbocycles. The monoisotopic (exact) mass is 610 g/mol. The molecule has 3 aromatic rings. The summed E-state index contributed by atoms with van der Waals surface area (Å²) in [5.41, 5.74) is 1.72. The highest BCUT2D eigenvalue weighted by Crippen LogP contribution is 2.26. The summed E-state index contributed by atoms with van der Waals surface area (Å²) < 4.78 is 10.5. The summed E-state index contributed by atoms with van der Waals surface area (Å²) in [4.78, 5) is 43.4. The van der Waals surface area contributed by atoms with E-state index in [1.807, 2.05) is 53.1 Å². The number of thioether (sulfide) groups is 1. The van der Waals surface area contributed by atoms with E-state index in [0.29, 0.717) is 60.2 Å². The third kappa shape index (κ3) is 7.01. The summed E-state index contributed by atoms with van der Waals surface area (Å²) in [5.74, 6) is 2.44. The topological polar surface area (TPSA) is 91.3 Å². The zero-order chi connectivity index (χ0) is 29.6. The standard InChI is InChI=1S/C30H35ClN6O4S/c1-21-19-36(15-16-37(21)29(39)22-5-4-6-25(17-22)41-3)27-18-26(31)32-30(33-27)42-20-28(38)35-13-11-34(12-14-35)23-7-9-24(40-2)10-8-23/h4-10,17-18,21H,11-16,19-20H2,1-3H3. The molecule has 0 radical (unpaired) electrons. The summed E-state index contributed by atoms with van der Waals surface area (Å²) >= 11 is 7.67. The van der Waals surface area contributed by atoms with Crippen LogP contribution in [0.2, 0.25) is 5.15 Å². The molecule has 2 fully saturated rings. The van der Waals surface area contributed by atoms with E-state index in [-0.39, 0.29) is 23.6 Å². The minimum atomic E-state index is -0.0412. The number of methoxy groups -OCH3 is 2. The first kappa shape index (κ1) is 29.8. The van der Waals surface area contributed by atoms with Crippen molar-refractivity contribution in [1.29, 1.82) is 0 Å². The fourth-order valence-corrected chi connectivity index (χ4v) is 6.21. The van der Waals surface area contributed by atoms with Crippen molar-refractivity contribution in [2.75, 3.05) is 75.6 Å². The molecule has 2 amide bonds. The van der Waals surface area contributed by atoms with E-state index in [0.717, 1.165) is 24.5 Å². The molecule has 0 bridgehead atoms. The lowest BCUT2D eigenvalue weighted by atomic mass is 10.1. The van der Waals surface area contributed by atoms with Gasteiger partial charge in [0.1, 0.15) is 22.5 Å². The van der Waals surface area contributed by atoms with Crippen LogP contribution < -0.4 is 19.3 Å². The molecule has 2 saturated heterocycles. The number of nitrogens with zero attached hydrogens (tertiary/aromatic N) is 6. The van der Waals surface area contributed by atoms with Crippen molar-refractivity contribution < 1.29 is 19.1 Å². The fraction of sp³-hybridized carbons (Fsp3) is 0.400. The van der Waals surface area contributed by atoms with Gasteiger partial charge >= 0.3 is 0 Å². The molecular formula is C30H35ClN6O4S. The van der Waals surface area contributed by atoms with Gasteiger partial charge in [-0.1, -0.05) is 29.4 Å². The molecule has 1 aromatic heterocycles. The molecule has 3 heterocycles. The van der Waals surface area contributed by atoms with Gasteiger partial charge in [-0.15, -0.1) is 0 Å². The van der Waals surface area contributed by atoms with Gasteiger partial charge in [-0.3, -0.25) is 9.59 Å². The second-order valence-corrected chi connectivity index (χ2v) is 11.5. The van der Waals surface area contributed by atoms with Gasteiger partial charge < -0.3 is 29.1 Å². The minimum Gasteiger partial charge on any atom is -0.497 e. The second-order valence-electron chi connectivity index (χ2n) is 10.2. The van der Waals surface area contributed by atoms with Crippen molar-refractivity contribution in [3.63, 3.8) is 0 Å². The molecule has 2 aliphatic heterocycles. The highest BCUT2D eigenvalue weighted by molar-refractivity contribution is 7.99.